The van der Waals surface area contributed by atoms with Gasteiger partial charge in [0.2, 0.25) is 0 Å². The molecule has 10 rings (SSSR count). The van der Waals surface area contributed by atoms with Crippen molar-refractivity contribution >= 4 is 55.7 Å². The Bertz CT molecular complexity index is 2680. The third kappa shape index (κ3) is 6.10. The zero-order valence-electron chi connectivity index (χ0n) is 31.4. The molecule has 0 heterocycles. The van der Waals surface area contributed by atoms with Crippen LogP contribution in [0.3, 0.4) is 0 Å². The molecular weight excluding hydrogens is 677 g/mol. The van der Waals surface area contributed by atoms with E-state index in [1.807, 2.05) is 0 Å². The molecule has 0 N–H and O–H groups in total. The fourth-order valence-corrected chi connectivity index (χ4v) is 8.88. The van der Waals surface area contributed by atoms with E-state index in [1.54, 1.807) is 0 Å². The third-order valence-electron chi connectivity index (χ3n) is 11.4. The molecule has 2 nitrogen and oxygen atoms in total. The first-order valence-electron chi connectivity index (χ1n) is 19.8. The molecule has 0 aromatic heterocycles. The highest BCUT2D eigenvalue weighted by Gasteiger charge is 2.22. The maximum atomic E-state index is 2.47. The fraction of sp³-hybridized carbons (Fsp3) is 0.0741. The lowest BCUT2D eigenvalue weighted by Crippen LogP contribution is -2.15. The Balaban J connectivity index is 1.11. The largest absolute Gasteiger partial charge is 0.311 e. The molecular formula is C54H42N2. The molecule has 0 atom stereocenters. The van der Waals surface area contributed by atoms with Crippen molar-refractivity contribution in [2.45, 2.75) is 25.7 Å². The van der Waals surface area contributed by atoms with Crippen LogP contribution in [0.1, 0.15) is 24.0 Å². The van der Waals surface area contributed by atoms with E-state index in [0.29, 0.717) is 0 Å². The number of rotatable bonds is 8. The molecule has 0 saturated heterocycles. The molecule has 0 spiro atoms. The van der Waals surface area contributed by atoms with Crippen LogP contribution < -0.4 is 9.80 Å². The Morgan fingerprint density at radius 3 is 1.20 bits per heavy atom. The van der Waals surface area contributed by atoms with Crippen LogP contribution in [0.25, 0.3) is 43.8 Å². The summed E-state index contributed by atoms with van der Waals surface area (Å²) in [5.74, 6) is 0. The minimum Gasteiger partial charge on any atom is -0.311 e. The molecule has 56 heavy (non-hydrogen) atoms. The summed E-state index contributed by atoms with van der Waals surface area (Å²) in [6.07, 6.45) is 4.70. The lowest BCUT2D eigenvalue weighted by Gasteiger charge is -2.31. The summed E-state index contributed by atoms with van der Waals surface area (Å²) >= 11 is 0. The van der Waals surface area contributed by atoms with E-state index in [1.165, 1.54) is 73.5 Å². The van der Waals surface area contributed by atoms with Crippen LogP contribution in [0.15, 0.2) is 206 Å². The van der Waals surface area contributed by atoms with Crippen LogP contribution in [0, 0.1) is 0 Å². The summed E-state index contributed by atoms with van der Waals surface area (Å²) in [4.78, 5) is 4.80. The number of aryl methyl sites for hydroxylation is 1. The first-order chi connectivity index (χ1) is 27.8. The monoisotopic (exact) mass is 718 g/mol. The van der Waals surface area contributed by atoms with Gasteiger partial charge in [-0.2, -0.15) is 0 Å². The van der Waals surface area contributed by atoms with Crippen LogP contribution in [0.2, 0.25) is 0 Å². The molecule has 0 unspecified atom stereocenters. The fourth-order valence-electron chi connectivity index (χ4n) is 8.88. The topological polar surface area (TPSA) is 6.48 Å². The van der Waals surface area contributed by atoms with Gasteiger partial charge in [0.15, 0.2) is 0 Å². The molecule has 268 valence electrons. The summed E-state index contributed by atoms with van der Waals surface area (Å²) in [6, 6.07) is 75.2. The summed E-state index contributed by atoms with van der Waals surface area (Å²) in [5, 5.41) is 5.08. The zero-order valence-corrected chi connectivity index (χ0v) is 31.4. The van der Waals surface area contributed by atoms with Gasteiger partial charge in [0.05, 0.1) is 0 Å². The number of para-hydroxylation sites is 2. The average molecular weight is 719 g/mol. The Labute approximate surface area is 329 Å². The Hall–Kier alpha value is -6.90. The lowest BCUT2D eigenvalue weighted by atomic mass is 9.86. The second-order valence-electron chi connectivity index (χ2n) is 14.7. The van der Waals surface area contributed by atoms with Gasteiger partial charge in [-0.1, -0.05) is 140 Å². The number of hydrogen-bond donors (Lipinski definition) is 0. The zero-order chi connectivity index (χ0) is 37.3. The van der Waals surface area contributed by atoms with Crippen LogP contribution in [0.5, 0.6) is 0 Å². The second kappa shape index (κ2) is 14.7. The highest BCUT2D eigenvalue weighted by molar-refractivity contribution is 6.21. The number of anilines is 6. The van der Waals surface area contributed by atoms with Crippen molar-refractivity contribution in [2.75, 3.05) is 9.80 Å². The van der Waals surface area contributed by atoms with Crippen molar-refractivity contribution in [3.05, 3.63) is 217 Å². The van der Waals surface area contributed by atoms with Crippen molar-refractivity contribution < 1.29 is 0 Å². The minimum atomic E-state index is 1.10. The lowest BCUT2D eigenvalue weighted by molar-refractivity contribution is 0.686. The van der Waals surface area contributed by atoms with E-state index in [0.717, 1.165) is 41.3 Å². The predicted octanol–water partition coefficient (Wildman–Crippen LogP) is 15.1. The van der Waals surface area contributed by atoms with Gasteiger partial charge in [-0.15, -0.1) is 0 Å². The quantitative estimate of drug-likeness (QED) is 0.144. The van der Waals surface area contributed by atoms with E-state index in [-0.39, 0.29) is 0 Å². The average Bonchev–Trinajstić information content (AvgIpc) is 3.28. The Kier molecular flexibility index (Phi) is 8.85. The number of fused-ring (bicyclic) bond motifs is 3. The smallest absolute Gasteiger partial charge is 0.0496 e. The van der Waals surface area contributed by atoms with Crippen LogP contribution in [-0.4, -0.2) is 0 Å². The van der Waals surface area contributed by atoms with Gasteiger partial charge in [-0.3, -0.25) is 0 Å². The van der Waals surface area contributed by atoms with Crippen LogP contribution in [0.4, 0.5) is 34.1 Å². The SMILES string of the molecule is c1ccc(-c2c3ccccc3c(-c3ccc(N(c4ccc(N(c5ccccc5)c5ccccc5)cc4)c4cccc5c4CCCC5)cc3)c3ccccc23)cc1. The molecule has 0 radical (unpaired) electrons. The van der Waals surface area contributed by atoms with E-state index in [2.05, 4.69) is 216 Å². The molecule has 0 fully saturated rings. The first-order valence-corrected chi connectivity index (χ1v) is 19.8. The van der Waals surface area contributed by atoms with Gasteiger partial charge in [-0.25, -0.2) is 0 Å². The maximum absolute atomic E-state index is 2.47. The van der Waals surface area contributed by atoms with E-state index in [4.69, 9.17) is 0 Å². The van der Waals surface area contributed by atoms with Crippen molar-refractivity contribution in [3.8, 4) is 22.3 Å². The number of nitrogens with zero attached hydrogens (tertiary/aromatic N) is 2. The van der Waals surface area contributed by atoms with Gasteiger partial charge in [-0.05, 0) is 147 Å². The van der Waals surface area contributed by atoms with Gasteiger partial charge in [0.25, 0.3) is 0 Å². The minimum absolute atomic E-state index is 1.10. The summed E-state index contributed by atoms with van der Waals surface area (Å²) in [7, 11) is 0. The third-order valence-corrected chi connectivity index (χ3v) is 11.4. The van der Waals surface area contributed by atoms with Crippen molar-refractivity contribution in [2.24, 2.45) is 0 Å². The molecule has 9 aromatic carbocycles. The summed E-state index contributed by atoms with van der Waals surface area (Å²) in [6.45, 7) is 0. The number of hydrogen-bond acceptors (Lipinski definition) is 2. The number of benzene rings is 9. The molecule has 0 saturated carbocycles. The second-order valence-corrected chi connectivity index (χ2v) is 14.7. The molecule has 0 bridgehead atoms. The van der Waals surface area contributed by atoms with Gasteiger partial charge in [0.1, 0.15) is 0 Å². The molecule has 9 aromatic rings. The van der Waals surface area contributed by atoms with Crippen molar-refractivity contribution in [3.63, 3.8) is 0 Å². The highest BCUT2D eigenvalue weighted by Crippen LogP contribution is 2.46. The normalized spacial score (nSPS) is 12.4. The summed E-state index contributed by atoms with van der Waals surface area (Å²) in [5.41, 5.74) is 14.9. The molecule has 0 aliphatic heterocycles. The van der Waals surface area contributed by atoms with E-state index in [9.17, 15) is 0 Å². The maximum Gasteiger partial charge on any atom is 0.0496 e. The van der Waals surface area contributed by atoms with Crippen molar-refractivity contribution in [1.29, 1.82) is 0 Å². The molecule has 1 aliphatic rings. The first kappa shape index (κ1) is 33.7. The van der Waals surface area contributed by atoms with Gasteiger partial charge >= 0.3 is 0 Å². The van der Waals surface area contributed by atoms with E-state index >= 15 is 0 Å². The predicted molar refractivity (Wildman–Crippen MR) is 238 cm³/mol. The Morgan fingerprint density at radius 2 is 0.679 bits per heavy atom. The highest BCUT2D eigenvalue weighted by atomic mass is 15.2. The van der Waals surface area contributed by atoms with E-state index < -0.39 is 0 Å². The molecule has 1 aliphatic carbocycles. The molecule has 0 amide bonds. The van der Waals surface area contributed by atoms with Crippen LogP contribution >= 0.6 is 0 Å². The van der Waals surface area contributed by atoms with Crippen molar-refractivity contribution in [1.82, 2.24) is 0 Å². The molecule has 2 heteroatoms. The van der Waals surface area contributed by atoms with Crippen LogP contribution in [-0.2, 0) is 12.8 Å². The summed E-state index contributed by atoms with van der Waals surface area (Å²) < 4.78 is 0. The van der Waals surface area contributed by atoms with Gasteiger partial charge < -0.3 is 9.80 Å². The van der Waals surface area contributed by atoms with Gasteiger partial charge in [0, 0.05) is 34.1 Å². The Morgan fingerprint density at radius 1 is 0.286 bits per heavy atom. The standard InChI is InChI=1S/C54H42N2/c1-4-18-40(19-5-1)53-48-26-12-14-28-50(48)54(51-29-15-13-27-49(51)53)41-31-33-45(34-32-41)56(52-30-16-20-39-17-10-11-25-47(39)52)46-37-35-44(36-38-46)55(42-21-6-2-7-22-42)43-23-8-3-9-24-43/h1-9,12-16,18-24,26-38H,10-11,17,25H2.